The smallest absolute Gasteiger partial charge is 0.181 e. The van der Waals surface area contributed by atoms with Gasteiger partial charge in [-0.2, -0.15) is 5.10 Å². The first-order valence-electron chi connectivity index (χ1n) is 10.7. The molecule has 1 N–H and O–H groups in total. The third-order valence-corrected chi connectivity index (χ3v) is 6.27. The van der Waals surface area contributed by atoms with Gasteiger partial charge in [-0.3, -0.25) is 14.8 Å². The van der Waals surface area contributed by atoms with Crippen molar-refractivity contribution in [2.24, 2.45) is 0 Å². The number of hydrogen-bond donors (Lipinski definition) is 1. The number of H-pyrrole nitrogens is 1. The summed E-state index contributed by atoms with van der Waals surface area (Å²) in [7, 11) is 0. The van der Waals surface area contributed by atoms with Crippen LogP contribution >= 0.6 is 35.6 Å². The number of benzene rings is 1. The summed E-state index contributed by atoms with van der Waals surface area (Å²) in [6.45, 7) is 9.17. The van der Waals surface area contributed by atoms with Gasteiger partial charge in [0.15, 0.2) is 11.6 Å². The van der Waals surface area contributed by atoms with Gasteiger partial charge in [0.25, 0.3) is 0 Å². The maximum Gasteiger partial charge on any atom is 0.181 e. The Balaban J connectivity index is 0.00000306. The zero-order valence-corrected chi connectivity index (χ0v) is 21.1. The summed E-state index contributed by atoms with van der Waals surface area (Å²) in [4.78, 5) is 26.5. The van der Waals surface area contributed by atoms with Crippen molar-refractivity contribution in [3.63, 3.8) is 0 Å². The lowest BCUT2D eigenvalue weighted by atomic mass is 10.1. The van der Waals surface area contributed by atoms with E-state index in [1.807, 2.05) is 32.0 Å². The van der Waals surface area contributed by atoms with Crippen LogP contribution < -0.4 is 4.90 Å². The Morgan fingerprint density at radius 3 is 2.58 bits per heavy atom. The highest BCUT2D eigenvalue weighted by Crippen LogP contribution is 2.31. The maximum atomic E-state index is 13.0. The quantitative estimate of drug-likeness (QED) is 0.471. The summed E-state index contributed by atoms with van der Waals surface area (Å²) < 4.78 is 0. The zero-order valence-electron chi connectivity index (χ0n) is 18.8. The van der Waals surface area contributed by atoms with Gasteiger partial charge in [-0.05, 0) is 45.0 Å². The molecular formula is C23H27Cl3N6O. The summed E-state index contributed by atoms with van der Waals surface area (Å²) in [6, 6.07) is 7.69. The molecule has 33 heavy (non-hydrogen) atoms. The number of nitrogens with zero attached hydrogens (tertiary/aromatic N) is 5. The largest absolute Gasteiger partial charge is 0.365 e. The molecule has 1 aliphatic heterocycles. The lowest BCUT2D eigenvalue weighted by Crippen LogP contribution is -2.52. The van der Waals surface area contributed by atoms with Crippen LogP contribution in [0.1, 0.15) is 35.1 Å². The molecule has 1 fully saturated rings. The van der Waals surface area contributed by atoms with E-state index in [0.29, 0.717) is 40.1 Å². The fourth-order valence-corrected chi connectivity index (χ4v) is 4.59. The number of nitrogens with one attached hydrogen (secondary N) is 1. The van der Waals surface area contributed by atoms with Gasteiger partial charge in [-0.25, -0.2) is 9.97 Å². The molecule has 1 aliphatic rings. The number of Topliss-reactive ketones (excluding diaryl/α,β-unsaturated/α-hetero) is 1. The molecule has 0 aliphatic carbocycles. The van der Waals surface area contributed by atoms with E-state index in [2.05, 4.69) is 36.9 Å². The van der Waals surface area contributed by atoms with E-state index in [1.165, 1.54) is 0 Å². The van der Waals surface area contributed by atoms with E-state index in [-0.39, 0.29) is 24.2 Å². The number of carbonyl (C=O) groups excluding carboxylic acids is 1. The predicted octanol–water partition coefficient (Wildman–Crippen LogP) is 5.00. The number of aryl methyl sites for hydroxylation is 2. The molecule has 1 aromatic carbocycles. The molecule has 4 rings (SSSR count). The molecule has 2 aromatic heterocycles. The average molecular weight is 510 g/mol. The van der Waals surface area contributed by atoms with Crippen LogP contribution in [0.4, 0.5) is 5.69 Å². The third-order valence-electron chi connectivity index (χ3n) is 5.72. The van der Waals surface area contributed by atoms with E-state index in [9.17, 15) is 4.79 Å². The SMILES string of the molecule is Cc1cc(C)nc(-c2n[nH]cc2C(=O)CCN2CCN(c3cc(Cl)ccc3Cl)C(C)C2)n1.Cl. The van der Waals surface area contributed by atoms with Gasteiger partial charge < -0.3 is 4.90 Å². The number of piperazine rings is 1. The second-order valence-electron chi connectivity index (χ2n) is 8.23. The highest BCUT2D eigenvalue weighted by molar-refractivity contribution is 6.35. The minimum Gasteiger partial charge on any atom is -0.365 e. The van der Waals surface area contributed by atoms with Gasteiger partial charge in [0, 0.05) is 61.2 Å². The lowest BCUT2D eigenvalue weighted by Gasteiger charge is -2.41. The molecule has 7 nitrogen and oxygen atoms in total. The van der Waals surface area contributed by atoms with E-state index in [0.717, 1.165) is 36.7 Å². The molecule has 3 aromatic rings. The second-order valence-corrected chi connectivity index (χ2v) is 9.08. The van der Waals surface area contributed by atoms with Crippen LogP contribution in [-0.4, -0.2) is 63.1 Å². The molecule has 0 amide bonds. The van der Waals surface area contributed by atoms with Crippen LogP contribution in [0.5, 0.6) is 0 Å². The number of aromatic amines is 1. The first kappa shape index (κ1) is 25.4. The number of hydrogen-bond acceptors (Lipinski definition) is 6. The van der Waals surface area contributed by atoms with Crippen molar-refractivity contribution < 1.29 is 4.79 Å². The highest BCUT2D eigenvalue weighted by Gasteiger charge is 2.26. The standard InChI is InChI=1S/C23H26Cl2N6O.ClH/c1-14-10-15(2)28-23(27-14)22-18(12-26-29-22)21(32)6-7-30-8-9-31(16(3)13-30)20-11-17(24)4-5-19(20)25;/h4-5,10-12,16H,6-9,13H2,1-3H3,(H,26,29);1H. The Morgan fingerprint density at radius 1 is 1.15 bits per heavy atom. The number of anilines is 1. The van der Waals surface area contributed by atoms with Crippen LogP contribution in [0.3, 0.4) is 0 Å². The summed E-state index contributed by atoms with van der Waals surface area (Å²) in [5.41, 5.74) is 3.70. The highest BCUT2D eigenvalue weighted by atomic mass is 35.5. The normalized spacial score (nSPS) is 16.5. The molecule has 176 valence electrons. The lowest BCUT2D eigenvalue weighted by molar-refractivity contribution is 0.0959. The topological polar surface area (TPSA) is 78.0 Å². The molecule has 1 atom stereocenters. The van der Waals surface area contributed by atoms with Crippen LogP contribution in [0.15, 0.2) is 30.5 Å². The van der Waals surface area contributed by atoms with Crippen molar-refractivity contribution in [3.05, 3.63) is 57.5 Å². The molecule has 0 bridgehead atoms. The molecule has 1 saturated heterocycles. The maximum absolute atomic E-state index is 13.0. The Kier molecular flexibility index (Phi) is 8.34. The number of aromatic nitrogens is 4. The second kappa shape index (κ2) is 10.8. The van der Waals surface area contributed by atoms with E-state index in [4.69, 9.17) is 23.2 Å². The van der Waals surface area contributed by atoms with Crippen LogP contribution in [0.25, 0.3) is 11.5 Å². The monoisotopic (exact) mass is 508 g/mol. The Hall–Kier alpha value is -2.19. The van der Waals surface area contributed by atoms with Gasteiger partial charge in [0.05, 0.1) is 16.3 Å². The van der Waals surface area contributed by atoms with E-state index < -0.39 is 0 Å². The minimum absolute atomic E-state index is 0. The number of ketones is 1. The van der Waals surface area contributed by atoms with E-state index >= 15 is 0 Å². The minimum atomic E-state index is 0. The zero-order chi connectivity index (χ0) is 22.8. The molecule has 1 unspecified atom stereocenters. The summed E-state index contributed by atoms with van der Waals surface area (Å²) in [6.07, 6.45) is 2.04. The van der Waals surface area contributed by atoms with Crippen molar-refractivity contribution in [2.45, 2.75) is 33.2 Å². The van der Waals surface area contributed by atoms with Gasteiger partial charge in [-0.1, -0.05) is 23.2 Å². The molecule has 0 radical (unpaired) electrons. The first-order valence-corrected chi connectivity index (χ1v) is 11.4. The Bertz CT molecular complexity index is 1110. The van der Waals surface area contributed by atoms with Crippen molar-refractivity contribution in [1.82, 2.24) is 25.1 Å². The average Bonchev–Trinajstić information content (AvgIpc) is 3.23. The summed E-state index contributed by atoms with van der Waals surface area (Å²) in [5.74, 6) is 0.511. The van der Waals surface area contributed by atoms with Gasteiger partial charge in [-0.15, -0.1) is 12.4 Å². The number of carbonyl (C=O) groups is 1. The summed E-state index contributed by atoms with van der Waals surface area (Å²) >= 11 is 12.6. The molecule has 10 heteroatoms. The molecule has 3 heterocycles. The van der Waals surface area contributed by atoms with Crippen LogP contribution in [-0.2, 0) is 0 Å². The van der Waals surface area contributed by atoms with Crippen LogP contribution in [0, 0.1) is 13.8 Å². The van der Waals surface area contributed by atoms with E-state index in [1.54, 1.807) is 12.3 Å². The number of halogens is 3. The first-order chi connectivity index (χ1) is 15.3. The fraction of sp³-hybridized carbons (Fsp3) is 0.391. The van der Waals surface area contributed by atoms with Crippen molar-refractivity contribution in [2.75, 3.05) is 31.1 Å². The van der Waals surface area contributed by atoms with Gasteiger partial charge in [0.1, 0.15) is 5.69 Å². The Labute approximate surface area is 209 Å². The Morgan fingerprint density at radius 2 is 1.88 bits per heavy atom. The van der Waals surface area contributed by atoms with Crippen LogP contribution in [0.2, 0.25) is 10.0 Å². The van der Waals surface area contributed by atoms with Crippen molar-refractivity contribution in [1.29, 1.82) is 0 Å². The third kappa shape index (κ3) is 5.84. The molecule has 0 spiro atoms. The predicted molar refractivity (Wildman–Crippen MR) is 135 cm³/mol. The fourth-order valence-electron chi connectivity index (χ4n) is 4.20. The van der Waals surface area contributed by atoms with Crippen molar-refractivity contribution >= 4 is 47.1 Å². The van der Waals surface area contributed by atoms with Gasteiger partial charge in [0.2, 0.25) is 0 Å². The van der Waals surface area contributed by atoms with Crippen molar-refractivity contribution in [3.8, 4) is 11.5 Å². The molecular weight excluding hydrogens is 483 g/mol. The van der Waals surface area contributed by atoms with Gasteiger partial charge >= 0.3 is 0 Å². The number of rotatable bonds is 6. The summed E-state index contributed by atoms with van der Waals surface area (Å²) in [5, 5.41) is 8.42. The molecule has 0 saturated carbocycles.